The number of hydrogen-bond acceptors (Lipinski definition) is 3. The van der Waals surface area contributed by atoms with E-state index in [0.29, 0.717) is 11.2 Å². The summed E-state index contributed by atoms with van der Waals surface area (Å²) in [4.78, 5) is 11.1. The molecule has 0 radical (unpaired) electrons. The van der Waals surface area contributed by atoms with Crippen LogP contribution in [0.5, 0.6) is 0 Å². The van der Waals surface area contributed by atoms with Crippen molar-refractivity contribution in [2.45, 2.75) is 13.8 Å². The number of hydrogen-bond donors (Lipinski definition) is 0. The zero-order valence-corrected chi connectivity index (χ0v) is 11.1. The second-order valence-corrected chi connectivity index (χ2v) is 3.98. The average molecular weight is 295 g/mol. The minimum Gasteiger partial charge on any atom is -0.464 e. The fourth-order valence-corrected chi connectivity index (χ4v) is 2.25. The fourth-order valence-electron chi connectivity index (χ4n) is 1.60. The fraction of sp³-hybridized carbons (Fsp3) is 0.154. The van der Waals surface area contributed by atoms with E-state index in [4.69, 9.17) is 8.83 Å². The van der Waals surface area contributed by atoms with Crippen molar-refractivity contribution in [1.82, 2.24) is 0 Å². The molecule has 0 N–H and O–H groups in total. The first kappa shape index (κ1) is 11.9. The zero-order valence-electron chi connectivity index (χ0n) is 9.49. The Morgan fingerprint density at radius 1 is 1.06 bits per heavy atom. The predicted octanol–water partition coefficient (Wildman–Crippen LogP) is 4.33. The third kappa shape index (κ3) is 2.00. The van der Waals surface area contributed by atoms with E-state index in [1.807, 2.05) is 19.9 Å². The van der Waals surface area contributed by atoms with Gasteiger partial charge in [-0.25, -0.2) is 4.79 Å². The van der Waals surface area contributed by atoms with Crippen LogP contribution in [0.25, 0.3) is 21.9 Å². The Kier molecular flexibility index (Phi) is 3.33. The number of benzene rings is 1. The van der Waals surface area contributed by atoms with Crippen LogP contribution in [0.15, 0.2) is 48.6 Å². The van der Waals surface area contributed by atoms with E-state index >= 15 is 0 Å². The summed E-state index contributed by atoms with van der Waals surface area (Å²) < 4.78 is 11.2. The summed E-state index contributed by atoms with van der Waals surface area (Å²) in [6.45, 7) is 4.00. The van der Waals surface area contributed by atoms with Gasteiger partial charge in [0, 0.05) is 27.4 Å². The van der Waals surface area contributed by atoms with E-state index < -0.39 is 0 Å². The molecule has 0 spiro atoms. The molecule has 0 unspecified atom stereocenters. The topological polar surface area (TPSA) is 43.4 Å². The number of rotatable bonds is 0. The lowest BCUT2D eigenvalue weighted by molar-refractivity contribution is 0.559. The predicted molar refractivity (Wildman–Crippen MR) is 71.3 cm³/mol. The molecule has 0 saturated carbocycles. The van der Waals surface area contributed by atoms with Gasteiger partial charge in [-0.15, -0.1) is 0 Å². The van der Waals surface area contributed by atoms with Gasteiger partial charge in [-0.05, 0) is 28.1 Å². The van der Waals surface area contributed by atoms with Gasteiger partial charge in [-0.3, -0.25) is 0 Å². The molecule has 0 aliphatic heterocycles. The van der Waals surface area contributed by atoms with Crippen molar-refractivity contribution >= 4 is 37.9 Å². The van der Waals surface area contributed by atoms with Crippen molar-refractivity contribution in [1.29, 1.82) is 0 Å². The number of furan rings is 1. The summed E-state index contributed by atoms with van der Waals surface area (Å²) in [6.07, 6.45) is 1.60. The Hall–Kier alpha value is -1.55. The molecule has 0 fully saturated rings. The van der Waals surface area contributed by atoms with Gasteiger partial charge in [0.2, 0.25) is 0 Å². The van der Waals surface area contributed by atoms with Gasteiger partial charge in [-0.1, -0.05) is 13.8 Å². The molecule has 1 aromatic carbocycles. The highest BCUT2D eigenvalue weighted by molar-refractivity contribution is 9.10. The van der Waals surface area contributed by atoms with Crippen LogP contribution in [-0.2, 0) is 0 Å². The van der Waals surface area contributed by atoms with Crippen LogP contribution in [0.2, 0.25) is 0 Å². The molecule has 4 heteroatoms. The minimum absolute atomic E-state index is 0.361. The molecular formula is C13H11BrO3. The van der Waals surface area contributed by atoms with Crippen molar-refractivity contribution in [3.63, 3.8) is 0 Å². The molecule has 0 aliphatic rings. The maximum atomic E-state index is 11.1. The SMILES string of the molecule is CC.O=c1ccc2c(Br)c3ccoc3cc2o1. The molecule has 0 aliphatic carbocycles. The van der Waals surface area contributed by atoms with Crippen LogP contribution in [-0.4, -0.2) is 0 Å². The van der Waals surface area contributed by atoms with E-state index in [9.17, 15) is 4.79 Å². The zero-order chi connectivity index (χ0) is 12.4. The summed E-state index contributed by atoms with van der Waals surface area (Å²) in [5, 5.41) is 1.83. The lowest BCUT2D eigenvalue weighted by Crippen LogP contribution is -1.94. The number of halogens is 1. The van der Waals surface area contributed by atoms with Gasteiger partial charge in [-0.2, -0.15) is 0 Å². The molecule has 2 aromatic heterocycles. The summed E-state index contributed by atoms with van der Waals surface area (Å²) >= 11 is 3.46. The highest BCUT2D eigenvalue weighted by Crippen LogP contribution is 2.32. The standard InChI is InChI=1S/C11H5BrO3.C2H6/c12-11-6-1-2-10(13)15-9(6)5-8-7(11)3-4-14-8;1-2/h1-5H;1-2H3. The summed E-state index contributed by atoms with van der Waals surface area (Å²) in [7, 11) is 0. The monoisotopic (exact) mass is 294 g/mol. The minimum atomic E-state index is -0.361. The van der Waals surface area contributed by atoms with Gasteiger partial charge in [0.25, 0.3) is 0 Å². The Morgan fingerprint density at radius 2 is 1.76 bits per heavy atom. The Balaban J connectivity index is 0.000000514. The largest absolute Gasteiger partial charge is 0.464 e. The lowest BCUT2D eigenvalue weighted by Gasteiger charge is -1.99. The van der Waals surface area contributed by atoms with Crippen LogP contribution in [0.4, 0.5) is 0 Å². The molecule has 17 heavy (non-hydrogen) atoms. The number of fused-ring (bicyclic) bond motifs is 2. The van der Waals surface area contributed by atoms with Crippen molar-refractivity contribution in [2.75, 3.05) is 0 Å². The first-order valence-corrected chi connectivity index (χ1v) is 6.14. The van der Waals surface area contributed by atoms with Crippen molar-refractivity contribution in [3.05, 3.63) is 45.4 Å². The quantitative estimate of drug-likeness (QED) is 0.580. The van der Waals surface area contributed by atoms with Crippen LogP contribution in [0.1, 0.15) is 13.8 Å². The van der Waals surface area contributed by atoms with Gasteiger partial charge in [0.15, 0.2) is 0 Å². The second kappa shape index (κ2) is 4.75. The smallest absolute Gasteiger partial charge is 0.336 e. The van der Waals surface area contributed by atoms with E-state index in [1.165, 1.54) is 6.07 Å². The second-order valence-electron chi connectivity index (χ2n) is 3.19. The molecule has 3 aromatic rings. The highest BCUT2D eigenvalue weighted by Gasteiger charge is 2.08. The van der Waals surface area contributed by atoms with E-state index in [1.54, 1.807) is 18.4 Å². The van der Waals surface area contributed by atoms with Gasteiger partial charge in [0.05, 0.1) is 6.26 Å². The van der Waals surface area contributed by atoms with Crippen LogP contribution in [0, 0.1) is 0 Å². The summed E-state index contributed by atoms with van der Waals surface area (Å²) in [5.74, 6) is 0. The summed E-state index contributed by atoms with van der Waals surface area (Å²) in [5.41, 5.74) is 0.862. The highest BCUT2D eigenvalue weighted by atomic mass is 79.9. The maximum absolute atomic E-state index is 11.1. The Morgan fingerprint density at radius 3 is 2.53 bits per heavy atom. The molecule has 2 heterocycles. The van der Waals surface area contributed by atoms with Crippen LogP contribution < -0.4 is 5.63 Å². The Labute approximate surface area is 106 Å². The molecule has 0 atom stereocenters. The first-order valence-electron chi connectivity index (χ1n) is 5.35. The summed E-state index contributed by atoms with van der Waals surface area (Å²) in [6, 6.07) is 6.72. The van der Waals surface area contributed by atoms with Crippen molar-refractivity contribution < 1.29 is 8.83 Å². The van der Waals surface area contributed by atoms with E-state index in [-0.39, 0.29) is 5.63 Å². The molecule has 3 nitrogen and oxygen atoms in total. The third-order valence-electron chi connectivity index (χ3n) is 2.29. The van der Waals surface area contributed by atoms with Crippen molar-refractivity contribution in [2.24, 2.45) is 0 Å². The van der Waals surface area contributed by atoms with Gasteiger partial charge < -0.3 is 8.83 Å². The first-order chi connectivity index (χ1) is 8.25. The maximum Gasteiger partial charge on any atom is 0.336 e. The van der Waals surface area contributed by atoms with Gasteiger partial charge in [0.1, 0.15) is 11.2 Å². The molecular weight excluding hydrogens is 284 g/mol. The lowest BCUT2D eigenvalue weighted by atomic mass is 10.2. The van der Waals surface area contributed by atoms with Crippen LogP contribution in [0.3, 0.4) is 0 Å². The molecule has 0 saturated heterocycles. The molecule has 88 valence electrons. The average Bonchev–Trinajstić information content (AvgIpc) is 2.80. The molecule has 3 rings (SSSR count). The Bertz CT molecular complexity index is 709. The molecule has 0 bridgehead atoms. The normalized spacial score (nSPS) is 10.3. The molecule has 0 amide bonds. The van der Waals surface area contributed by atoms with Crippen molar-refractivity contribution in [3.8, 4) is 0 Å². The van der Waals surface area contributed by atoms with E-state index in [2.05, 4.69) is 15.9 Å². The van der Waals surface area contributed by atoms with Crippen LogP contribution >= 0.6 is 15.9 Å². The van der Waals surface area contributed by atoms with Gasteiger partial charge >= 0.3 is 5.63 Å². The van der Waals surface area contributed by atoms with E-state index in [0.717, 1.165) is 15.2 Å². The third-order valence-corrected chi connectivity index (χ3v) is 3.15.